The van der Waals surface area contributed by atoms with Crippen molar-refractivity contribution >= 4 is 11.9 Å². The third-order valence-electron chi connectivity index (χ3n) is 17.5. The lowest BCUT2D eigenvalue weighted by molar-refractivity contribution is -0.143. The zero-order valence-electron chi connectivity index (χ0n) is 56.6. The molecule has 0 aromatic heterocycles. The number of hydrogen-bond donors (Lipinski definition) is 3. The predicted molar refractivity (Wildman–Crippen MR) is 370 cm³/mol. The van der Waals surface area contributed by atoms with Gasteiger partial charge in [-0.1, -0.05) is 364 Å². The van der Waals surface area contributed by atoms with Gasteiger partial charge in [-0.15, -0.1) is 0 Å². The predicted octanol–water partition coefficient (Wildman–Crippen LogP) is 24.8. The number of hydrogen-bond acceptors (Lipinski definition) is 5. The van der Waals surface area contributed by atoms with E-state index in [2.05, 4.69) is 55.6 Å². The van der Waals surface area contributed by atoms with Gasteiger partial charge in [0.1, 0.15) is 0 Å². The zero-order chi connectivity index (χ0) is 60.6. The Labute approximate surface area is 525 Å². The number of aliphatic hydroxyl groups excluding tert-OH is 2. The molecule has 3 N–H and O–H groups in total. The van der Waals surface area contributed by atoms with E-state index in [0.717, 1.165) is 51.4 Å². The van der Waals surface area contributed by atoms with E-state index >= 15 is 0 Å². The maximum Gasteiger partial charge on any atom is 0.305 e. The first-order chi connectivity index (χ1) is 41.5. The fourth-order valence-electron chi connectivity index (χ4n) is 11.8. The molecule has 6 heteroatoms. The Kier molecular flexibility index (Phi) is 71.4. The molecule has 0 spiro atoms. The number of aliphatic hydroxyl groups is 2. The van der Waals surface area contributed by atoms with E-state index in [4.69, 9.17) is 4.74 Å². The number of carbonyl (C=O) groups is 2. The van der Waals surface area contributed by atoms with Crippen LogP contribution in [0.5, 0.6) is 0 Å². The van der Waals surface area contributed by atoms with Crippen LogP contribution in [-0.2, 0) is 14.3 Å². The number of rotatable bonds is 71. The van der Waals surface area contributed by atoms with Crippen LogP contribution in [0.15, 0.2) is 48.6 Å². The Balaban J connectivity index is 3.40. The number of amides is 1. The van der Waals surface area contributed by atoms with Gasteiger partial charge in [0, 0.05) is 12.8 Å². The molecule has 84 heavy (non-hydrogen) atoms. The van der Waals surface area contributed by atoms with Gasteiger partial charge in [-0.3, -0.25) is 9.59 Å². The summed E-state index contributed by atoms with van der Waals surface area (Å²) < 4.78 is 5.48. The van der Waals surface area contributed by atoms with E-state index in [-0.39, 0.29) is 18.5 Å². The molecular weight excluding hydrogens is 1030 g/mol. The van der Waals surface area contributed by atoms with Gasteiger partial charge in [0.15, 0.2) is 0 Å². The Hall–Kier alpha value is -2.18. The van der Waals surface area contributed by atoms with Gasteiger partial charge >= 0.3 is 5.97 Å². The van der Waals surface area contributed by atoms with Crippen molar-refractivity contribution in [2.24, 2.45) is 0 Å². The van der Waals surface area contributed by atoms with Gasteiger partial charge in [0.2, 0.25) is 5.91 Å². The van der Waals surface area contributed by atoms with Crippen molar-refractivity contribution in [2.75, 3.05) is 13.2 Å². The summed E-state index contributed by atoms with van der Waals surface area (Å²) in [6, 6.07) is -0.629. The second-order valence-corrected chi connectivity index (χ2v) is 26.0. The lowest BCUT2D eigenvalue weighted by Gasteiger charge is -2.20. The molecule has 494 valence electrons. The fourth-order valence-corrected chi connectivity index (χ4v) is 11.8. The second-order valence-electron chi connectivity index (χ2n) is 26.0. The number of unbranched alkanes of at least 4 members (excludes halogenated alkanes) is 54. The van der Waals surface area contributed by atoms with Crippen LogP contribution in [-0.4, -0.2) is 47.4 Å². The summed E-state index contributed by atoms with van der Waals surface area (Å²) in [6.07, 6.45) is 96.5. The molecule has 2 atom stereocenters. The minimum atomic E-state index is -0.846. The minimum absolute atomic E-state index is 0.00167. The molecular formula is C78H147NO5. The van der Waals surface area contributed by atoms with Crippen molar-refractivity contribution in [3.63, 3.8) is 0 Å². The van der Waals surface area contributed by atoms with Crippen LogP contribution in [0.25, 0.3) is 0 Å². The quantitative estimate of drug-likeness (QED) is 0.0320. The third kappa shape index (κ3) is 68.9. The van der Waals surface area contributed by atoms with E-state index in [1.807, 2.05) is 6.08 Å². The number of esters is 1. The fraction of sp³-hybridized carbons (Fsp3) is 0.872. The lowest BCUT2D eigenvalue weighted by atomic mass is 10.0. The van der Waals surface area contributed by atoms with Gasteiger partial charge in [-0.2, -0.15) is 0 Å². The number of carbonyl (C=O) groups excluding carboxylic acids is 2. The second kappa shape index (κ2) is 73.3. The molecule has 2 unspecified atom stereocenters. The molecule has 6 nitrogen and oxygen atoms in total. The molecule has 1 amide bonds. The number of nitrogens with one attached hydrogen (secondary N) is 1. The molecule has 0 aliphatic rings. The highest BCUT2D eigenvalue weighted by molar-refractivity contribution is 5.76. The Morgan fingerprint density at radius 1 is 0.333 bits per heavy atom. The summed E-state index contributed by atoms with van der Waals surface area (Å²) in [7, 11) is 0. The van der Waals surface area contributed by atoms with Crippen molar-refractivity contribution < 1.29 is 24.5 Å². The van der Waals surface area contributed by atoms with Crippen LogP contribution in [0.2, 0.25) is 0 Å². The standard InChI is InChI=1S/C78H147NO5/c1-3-5-7-9-11-13-15-17-18-19-20-21-22-31-34-37-40-43-47-50-54-58-62-66-70-76(81)75(74-80)79-77(82)71-67-63-59-55-51-48-44-41-38-35-32-29-27-25-23-24-26-28-30-33-36-39-42-45-49-53-57-61-65-69-73-84-78(83)72-68-64-60-56-52-46-16-14-12-10-8-6-4-2/h8,10,14,16,24,26,66,70,75-76,80-81H,3-7,9,11-13,15,17-23,25,27-65,67-69,71-74H2,1-2H3,(H,79,82)/b10-8-,16-14-,26-24-,70-66+. The van der Waals surface area contributed by atoms with Crippen LogP contribution < -0.4 is 5.32 Å². The molecule has 0 rings (SSSR count). The van der Waals surface area contributed by atoms with Gasteiger partial charge in [-0.05, 0) is 83.5 Å². The average molecular weight is 1180 g/mol. The first-order valence-electron chi connectivity index (χ1n) is 37.9. The van der Waals surface area contributed by atoms with E-state index in [0.29, 0.717) is 19.4 Å². The number of ether oxygens (including phenoxy) is 1. The van der Waals surface area contributed by atoms with Crippen LogP contribution in [0.4, 0.5) is 0 Å². The summed E-state index contributed by atoms with van der Waals surface area (Å²) in [5, 5.41) is 23.3. The van der Waals surface area contributed by atoms with Crippen molar-refractivity contribution in [1.82, 2.24) is 5.32 Å². The molecule has 0 fully saturated rings. The Morgan fingerprint density at radius 3 is 0.964 bits per heavy atom. The van der Waals surface area contributed by atoms with Gasteiger partial charge in [0.25, 0.3) is 0 Å². The highest BCUT2D eigenvalue weighted by atomic mass is 16.5. The molecule has 0 saturated heterocycles. The summed E-state index contributed by atoms with van der Waals surface area (Å²) in [4.78, 5) is 24.6. The maximum absolute atomic E-state index is 12.5. The largest absolute Gasteiger partial charge is 0.466 e. The molecule has 0 aromatic rings. The number of allylic oxidation sites excluding steroid dienone is 7. The topological polar surface area (TPSA) is 95.9 Å². The van der Waals surface area contributed by atoms with Crippen molar-refractivity contribution in [2.45, 2.75) is 424 Å². The van der Waals surface area contributed by atoms with E-state index < -0.39 is 12.1 Å². The van der Waals surface area contributed by atoms with Crippen LogP contribution >= 0.6 is 0 Å². The highest BCUT2D eigenvalue weighted by Gasteiger charge is 2.18. The van der Waals surface area contributed by atoms with Gasteiger partial charge in [-0.25, -0.2) is 0 Å². The first-order valence-corrected chi connectivity index (χ1v) is 37.9. The van der Waals surface area contributed by atoms with E-state index in [9.17, 15) is 19.8 Å². The molecule has 0 saturated carbocycles. The molecule has 0 bridgehead atoms. The Morgan fingerprint density at radius 2 is 0.619 bits per heavy atom. The van der Waals surface area contributed by atoms with Crippen molar-refractivity contribution in [3.05, 3.63) is 48.6 Å². The smallest absolute Gasteiger partial charge is 0.305 e. The van der Waals surface area contributed by atoms with Gasteiger partial charge < -0.3 is 20.3 Å². The summed E-state index contributed by atoms with van der Waals surface area (Å²) in [5.74, 6) is -0.0606. The SMILES string of the molecule is CCC/C=C\C/C=C\CCCCCCCC(=O)OCCCCCCCCCCCCCC/C=C\CCCCCCCCCCCCCCCCC(=O)NC(CO)C(O)/C=C/CCCCCCCCCCCCCCCCCCCCCCCC. The van der Waals surface area contributed by atoms with Gasteiger partial charge in [0.05, 0.1) is 25.4 Å². The van der Waals surface area contributed by atoms with Crippen LogP contribution in [0, 0.1) is 0 Å². The normalized spacial score (nSPS) is 12.8. The minimum Gasteiger partial charge on any atom is -0.466 e. The molecule has 0 aliphatic carbocycles. The first kappa shape index (κ1) is 81.8. The van der Waals surface area contributed by atoms with E-state index in [1.165, 1.54) is 334 Å². The zero-order valence-corrected chi connectivity index (χ0v) is 56.6. The summed E-state index contributed by atoms with van der Waals surface area (Å²) >= 11 is 0. The van der Waals surface area contributed by atoms with Crippen LogP contribution in [0.3, 0.4) is 0 Å². The summed E-state index contributed by atoms with van der Waals surface area (Å²) in [6.45, 7) is 4.87. The lowest BCUT2D eigenvalue weighted by Crippen LogP contribution is -2.45. The van der Waals surface area contributed by atoms with Crippen molar-refractivity contribution in [3.8, 4) is 0 Å². The maximum atomic E-state index is 12.5. The molecule has 0 heterocycles. The molecule has 0 aliphatic heterocycles. The highest BCUT2D eigenvalue weighted by Crippen LogP contribution is 2.19. The molecule has 0 radical (unpaired) electrons. The average Bonchev–Trinajstić information content (AvgIpc) is 3.51. The van der Waals surface area contributed by atoms with E-state index in [1.54, 1.807) is 6.08 Å². The molecule has 0 aromatic carbocycles. The van der Waals surface area contributed by atoms with Crippen LogP contribution in [0.1, 0.15) is 412 Å². The monoisotopic (exact) mass is 1180 g/mol. The third-order valence-corrected chi connectivity index (χ3v) is 17.5. The Bertz CT molecular complexity index is 1400. The summed E-state index contributed by atoms with van der Waals surface area (Å²) in [5.41, 5.74) is 0. The van der Waals surface area contributed by atoms with Crippen molar-refractivity contribution in [1.29, 1.82) is 0 Å².